The third kappa shape index (κ3) is 4.86. The van der Waals surface area contributed by atoms with Gasteiger partial charge in [-0.2, -0.15) is 0 Å². The standard InChI is InChI=1S/C21H24N2O2S/c1-4-16(9-10-19-18(22)11-12-26-19)20(24)15(3)21(25)23-13-17-8-6-5-7-14(17)2/h4-9,11-12,24H,1,10,13,22H2,2-3H3,(H,23,25)/b16-9-,20-15-. The van der Waals surface area contributed by atoms with Crippen LogP contribution in [-0.2, 0) is 17.8 Å². The molecule has 1 heterocycles. The second-order valence-corrected chi connectivity index (χ2v) is 6.95. The summed E-state index contributed by atoms with van der Waals surface area (Å²) in [5.41, 5.74) is 9.52. The molecule has 2 rings (SSSR count). The van der Waals surface area contributed by atoms with Crippen molar-refractivity contribution in [3.8, 4) is 0 Å². The molecule has 1 amide bonds. The molecule has 4 nitrogen and oxygen atoms in total. The molecule has 0 atom stereocenters. The molecule has 0 radical (unpaired) electrons. The van der Waals surface area contributed by atoms with Crippen LogP contribution in [0.1, 0.15) is 22.9 Å². The number of aliphatic hydroxyl groups is 1. The van der Waals surface area contributed by atoms with Gasteiger partial charge in [0.1, 0.15) is 5.76 Å². The summed E-state index contributed by atoms with van der Waals surface area (Å²) in [4.78, 5) is 13.4. The molecule has 2 aromatic rings. The minimum Gasteiger partial charge on any atom is -0.507 e. The summed E-state index contributed by atoms with van der Waals surface area (Å²) in [6, 6.07) is 9.70. The molecule has 0 aliphatic heterocycles. The summed E-state index contributed by atoms with van der Waals surface area (Å²) in [5, 5.41) is 15.2. The molecule has 0 unspecified atom stereocenters. The van der Waals surface area contributed by atoms with Crippen molar-refractivity contribution in [2.24, 2.45) is 0 Å². The zero-order chi connectivity index (χ0) is 19.1. The number of amides is 1. The van der Waals surface area contributed by atoms with Gasteiger partial charge < -0.3 is 16.2 Å². The Morgan fingerprint density at radius 2 is 2.08 bits per heavy atom. The number of carbonyl (C=O) groups is 1. The van der Waals surface area contributed by atoms with Crippen molar-refractivity contribution in [1.29, 1.82) is 0 Å². The van der Waals surface area contributed by atoms with E-state index in [-0.39, 0.29) is 17.2 Å². The molecule has 136 valence electrons. The molecule has 0 bridgehead atoms. The number of anilines is 1. The number of carbonyl (C=O) groups excluding carboxylic acids is 1. The van der Waals surface area contributed by atoms with Crippen LogP contribution >= 0.6 is 11.3 Å². The van der Waals surface area contributed by atoms with E-state index in [1.54, 1.807) is 18.3 Å². The van der Waals surface area contributed by atoms with Gasteiger partial charge >= 0.3 is 0 Å². The van der Waals surface area contributed by atoms with Gasteiger partial charge in [-0.25, -0.2) is 0 Å². The highest BCUT2D eigenvalue weighted by Crippen LogP contribution is 2.22. The summed E-state index contributed by atoms with van der Waals surface area (Å²) in [7, 11) is 0. The summed E-state index contributed by atoms with van der Waals surface area (Å²) in [5.74, 6) is -0.383. The van der Waals surface area contributed by atoms with Crippen LogP contribution in [0.3, 0.4) is 0 Å². The van der Waals surface area contributed by atoms with Gasteiger partial charge in [-0.3, -0.25) is 4.79 Å². The maximum absolute atomic E-state index is 12.4. The van der Waals surface area contributed by atoms with Gasteiger partial charge in [0, 0.05) is 29.1 Å². The summed E-state index contributed by atoms with van der Waals surface area (Å²) in [6.45, 7) is 7.73. The van der Waals surface area contributed by atoms with Crippen molar-refractivity contribution >= 4 is 22.9 Å². The Labute approximate surface area is 158 Å². The van der Waals surface area contributed by atoms with E-state index in [1.165, 1.54) is 6.08 Å². The summed E-state index contributed by atoms with van der Waals surface area (Å²) < 4.78 is 0. The fraction of sp³-hybridized carbons (Fsp3) is 0.190. The van der Waals surface area contributed by atoms with Crippen molar-refractivity contribution in [1.82, 2.24) is 5.32 Å². The maximum atomic E-state index is 12.4. The fourth-order valence-corrected chi connectivity index (χ4v) is 3.20. The summed E-state index contributed by atoms with van der Waals surface area (Å²) >= 11 is 1.55. The van der Waals surface area contributed by atoms with Gasteiger partial charge in [-0.15, -0.1) is 11.3 Å². The second-order valence-electron chi connectivity index (χ2n) is 5.95. The molecule has 0 saturated carbocycles. The zero-order valence-electron chi connectivity index (χ0n) is 15.1. The van der Waals surface area contributed by atoms with E-state index in [0.717, 1.165) is 21.7 Å². The first kappa shape index (κ1) is 19.5. The van der Waals surface area contributed by atoms with Crippen LogP contribution in [-0.4, -0.2) is 11.0 Å². The van der Waals surface area contributed by atoms with Crippen LogP contribution in [0.5, 0.6) is 0 Å². The van der Waals surface area contributed by atoms with E-state index in [2.05, 4.69) is 11.9 Å². The van der Waals surface area contributed by atoms with E-state index in [4.69, 9.17) is 5.73 Å². The van der Waals surface area contributed by atoms with Crippen LogP contribution in [0.2, 0.25) is 0 Å². The number of hydrogen-bond acceptors (Lipinski definition) is 4. The number of allylic oxidation sites excluding steroid dienone is 2. The van der Waals surface area contributed by atoms with E-state index >= 15 is 0 Å². The number of aryl methyl sites for hydroxylation is 1. The Morgan fingerprint density at radius 1 is 1.35 bits per heavy atom. The average Bonchev–Trinajstić information content (AvgIpc) is 3.05. The first-order valence-electron chi connectivity index (χ1n) is 8.31. The van der Waals surface area contributed by atoms with Gasteiger partial charge in [0.25, 0.3) is 5.91 Å². The third-order valence-corrected chi connectivity index (χ3v) is 5.14. The molecule has 0 saturated heterocycles. The van der Waals surface area contributed by atoms with Crippen LogP contribution in [0.25, 0.3) is 0 Å². The van der Waals surface area contributed by atoms with Gasteiger partial charge in [0.15, 0.2) is 0 Å². The van der Waals surface area contributed by atoms with E-state index < -0.39 is 0 Å². The highest BCUT2D eigenvalue weighted by atomic mass is 32.1. The van der Waals surface area contributed by atoms with E-state index in [0.29, 0.717) is 18.5 Å². The number of nitrogens with two attached hydrogens (primary N) is 1. The lowest BCUT2D eigenvalue weighted by molar-refractivity contribution is -0.117. The predicted octanol–water partition coefficient (Wildman–Crippen LogP) is 4.44. The van der Waals surface area contributed by atoms with Crippen molar-refractivity contribution in [2.75, 3.05) is 5.73 Å². The van der Waals surface area contributed by atoms with Gasteiger partial charge in [-0.1, -0.05) is 43.0 Å². The van der Waals surface area contributed by atoms with Gasteiger partial charge in [-0.05, 0) is 36.4 Å². The topological polar surface area (TPSA) is 75.3 Å². The quantitative estimate of drug-likeness (QED) is 0.384. The Balaban J connectivity index is 2.09. The smallest absolute Gasteiger partial charge is 0.250 e. The molecular weight excluding hydrogens is 344 g/mol. The second kappa shape index (κ2) is 9.06. The molecule has 26 heavy (non-hydrogen) atoms. The number of rotatable bonds is 7. The molecule has 0 fully saturated rings. The molecule has 0 aliphatic carbocycles. The molecule has 0 spiro atoms. The SMILES string of the molecule is C=CC(=C/Cc1sccc1N)/C(O)=C(\C)C(=O)NCc1ccccc1C. The Bertz CT molecular complexity index is 862. The highest BCUT2D eigenvalue weighted by molar-refractivity contribution is 7.10. The van der Waals surface area contributed by atoms with Crippen LogP contribution < -0.4 is 11.1 Å². The Morgan fingerprint density at radius 3 is 2.69 bits per heavy atom. The highest BCUT2D eigenvalue weighted by Gasteiger charge is 2.13. The minimum atomic E-state index is -0.311. The van der Waals surface area contributed by atoms with Crippen LogP contribution in [0.15, 0.2) is 71.3 Å². The lowest BCUT2D eigenvalue weighted by Gasteiger charge is -2.10. The molecule has 1 aromatic carbocycles. The van der Waals surface area contributed by atoms with E-state index in [9.17, 15) is 9.90 Å². The molecule has 1 aromatic heterocycles. The maximum Gasteiger partial charge on any atom is 0.250 e. The van der Waals surface area contributed by atoms with E-state index in [1.807, 2.05) is 48.7 Å². The lowest BCUT2D eigenvalue weighted by Crippen LogP contribution is -2.25. The lowest BCUT2D eigenvalue weighted by atomic mass is 10.1. The Kier molecular flexibility index (Phi) is 6.81. The molecule has 4 N–H and O–H groups in total. The number of hydrogen-bond donors (Lipinski definition) is 3. The number of thiophene rings is 1. The zero-order valence-corrected chi connectivity index (χ0v) is 15.9. The number of nitrogens with one attached hydrogen (secondary N) is 1. The monoisotopic (exact) mass is 368 g/mol. The molecular formula is C21H24N2O2S. The number of aliphatic hydroxyl groups excluding tert-OH is 1. The largest absolute Gasteiger partial charge is 0.507 e. The number of nitrogen functional groups attached to an aromatic ring is 1. The first-order chi connectivity index (χ1) is 12.4. The number of benzene rings is 1. The normalized spacial score (nSPS) is 12.5. The van der Waals surface area contributed by atoms with Crippen molar-refractivity contribution in [3.63, 3.8) is 0 Å². The third-order valence-electron chi connectivity index (χ3n) is 4.18. The van der Waals surface area contributed by atoms with Gasteiger partial charge in [0.05, 0.1) is 5.57 Å². The first-order valence-corrected chi connectivity index (χ1v) is 9.19. The van der Waals surface area contributed by atoms with Crippen molar-refractivity contribution in [3.05, 3.63) is 87.4 Å². The average molecular weight is 369 g/mol. The van der Waals surface area contributed by atoms with Crippen molar-refractivity contribution < 1.29 is 9.90 Å². The fourth-order valence-electron chi connectivity index (χ4n) is 2.44. The van der Waals surface area contributed by atoms with Crippen LogP contribution in [0.4, 0.5) is 5.69 Å². The predicted molar refractivity (Wildman–Crippen MR) is 109 cm³/mol. The molecule has 5 heteroatoms. The van der Waals surface area contributed by atoms with Crippen LogP contribution in [0, 0.1) is 6.92 Å². The Hall–Kier alpha value is -2.79. The minimum absolute atomic E-state index is 0.0718. The van der Waals surface area contributed by atoms with Crippen molar-refractivity contribution in [2.45, 2.75) is 26.8 Å². The van der Waals surface area contributed by atoms with Gasteiger partial charge in [0.2, 0.25) is 0 Å². The molecule has 0 aliphatic rings. The summed E-state index contributed by atoms with van der Waals surface area (Å²) in [6.07, 6.45) is 3.94.